The van der Waals surface area contributed by atoms with Crippen molar-refractivity contribution in [3.8, 4) is 0 Å². The van der Waals surface area contributed by atoms with Crippen molar-refractivity contribution in [1.82, 2.24) is 0 Å². The molecule has 0 fully saturated rings. The number of benzene rings is 1. The standard InChI is InChI=1S/C14H20O2/c1-9(2)14(15)16-8-13-11(4)6-10(3)7-12(13)5/h6-7,9H,8H2,1-5H3. The number of hydrogen-bond donors (Lipinski definition) is 0. The lowest BCUT2D eigenvalue weighted by molar-refractivity contribution is -0.148. The molecule has 0 aromatic heterocycles. The molecule has 0 saturated heterocycles. The van der Waals surface area contributed by atoms with Crippen LogP contribution in [0.25, 0.3) is 0 Å². The van der Waals surface area contributed by atoms with E-state index in [0.29, 0.717) is 6.61 Å². The van der Waals surface area contributed by atoms with E-state index in [9.17, 15) is 4.79 Å². The molecule has 0 heterocycles. The van der Waals surface area contributed by atoms with Crippen LogP contribution in [0.5, 0.6) is 0 Å². The van der Waals surface area contributed by atoms with Crippen LogP contribution in [0.2, 0.25) is 0 Å². The van der Waals surface area contributed by atoms with Gasteiger partial charge in [-0.3, -0.25) is 4.79 Å². The molecule has 0 aliphatic rings. The normalized spacial score (nSPS) is 10.6. The van der Waals surface area contributed by atoms with Gasteiger partial charge in [-0.05, 0) is 37.5 Å². The molecule has 2 nitrogen and oxygen atoms in total. The molecule has 1 aromatic carbocycles. The summed E-state index contributed by atoms with van der Waals surface area (Å²) in [6.07, 6.45) is 0. The van der Waals surface area contributed by atoms with E-state index < -0.39 is 0 Å². The first-order valence-corrected chi connectivity index (χ1v) is 5.65. The predicted octanol–water partition coefficient (Wildman–Crippen LogP) is 3.31. The van der Waals surface area contributed by atoms with Crippen LogP contribution in [0.3, 0.4) is 0 Å². The van der Waals surface area contributed by atoms with E-state index in [4.69, 9.17) is 4.74 Å². The molecule has 88 valence electrons. The minimum Gasteiger partial charge on any atom is -0.461 e. The number of aryl methyl sites for hydroxylation is 3. The summed E-state index contributed by atoms with van der Waals surface area (Å²) >= 11 is 0. The Morgan fingerprint density at radius 2 is 1.69 bits per heavy atom. The summed E-state index contributed by atoms with van der Waals surface area (Å²) in [6, 6.07) is 4.23. The first kappa shape index (κ1) is 12.8. The van der Waals surface area contributed by atoms with Gasteiger partial charge in [0.1, 0.15) is 6.61 Å². The van der Waals surface area contributed by atoms with Crippen molar-refractivity contribution in [3.05, 3.63) is 34.4 Å². The van der Waals surface area contributed by atoms with Gasteiger partial charge in [0, 0.05) is 0 Å². The van der Waals surface area contributed by atoms with E-state index in [1.807, 2.05) is 13.8 Å². The summed E-state index contributed by atoms with van der Waals surface area (Å²) < 4.78 is 5.25. The number of carbonyl (C=O) groups is 1. The van der Waals surface area contributed by atoms with Gasteiger partial charge in [-0.25, -0.2) is 0 Å². The molecular formula is C14H20O2. The molecule has 16 heavy (non-hydrogen) atoms. The van der Waals surface area contributed by atoms with Crippen molar-refractivity contribution in [1.29, 1.82) is 0 Å². The second-order valence-electron chi connectivity index (χ2n) is 4.64. The molecule has 0 aliphatic heterocycles. The van der Waals surface area contributed by atoms with Crippen molar-refractivity contribution in [3.63, 3.8) is 0 Å². The molecule has 2 heteroatoms. The summed E-state index contributed by atoms with van der Waals surface area (Å²) in [5, 5.41) is 0. The van der Waals surface area contributed by atoms with E-state index in [2.05, 4.69) is 32.9 Å². The highest BCUT2D eigenvalue weighted by Crippen LogP contribution is 2.17. The molecule has 0 radical (unpaired) electrons. The zero-order chi connectivity index (χ0) is 12.3. The number of rotatable bonds is 3. The molecule has 1 rings (SSSR count). The molecule has 0 spiro atoms. The molecule has 0 amide bonds. The average Bonchev–Trinajstić information content (AvgIpc) is 2.15. The van der Waals surface area contributed by atoms with Crippen molar-refractivity contribution in [2.75, 3.05) is 0 Å². The van der Waals surface area contributed by atoms with Gasteiger partial charge in [0.2, 0.25) is 0 Å². The van der Waals surface area contributed by atoms with Gasteiger partial charge in [-0.2, -0.15) is 0 Å². The van der Waals surface area contributed by atoms with Crippen LogP contribution in [-0.2, 0) is 16.1 Å². The Hall–Kier alpha value is -1.31. The Bertz CT molecular complexity index is 369. The fourth-order valence-corrected chi connectivity index (χ4v) is 1.75. The number of ether oxygens (including phenoxy) is 1. The van der Waals surface area contributed by atoms with Crippen molar-refractivity contribution >= 4 is 5.97 Å². The van der Waals surface area contributed by atoms with Crippen molar-refractivity contribution in [2.45, 2.75) is 41.2 Å². The fraction of sp³-hybridized carbons (Fsp3) is 0.500. The Morgan fingerprint density at radius 3 is 2.12 bits per heavy atom. The molecule has 1 aromatic rings. The van der Waals surface area contributed by atoms with Gasteiger partial charge in [0.25, 0.3) is 0 Å². The Kier molecular flexibility index (Phi) is 4.11. The van der Waals surface area contributed by atoms with Gasteiger partial charge < -0.3 is 4.74 Å². The van der Waals surface area contributed by atoms with Crippen LogP contribution >= 0.6 is 0 Å². The first-order chi connectivity index (χ1) is 7.41. The van der Waals surface area contributed by atoms with Crippen LogP contribution in [0.1, 0.15) is 36.1 Å². The predicted molar refractivity (Wildman–Crippen MR) is 65.3 cm³/mol. The topological polar surface area (TPSA) is 26.3 Å². The molecular weight excluding hydrogens is 200 g/mol. The van der Waals surface area contributed by atoms with Crippen molar-refractivity contribution < 1.29 is 9.53 Å². The molecule has 0 unspecified atom stereocenters. The average molecular weight is 220 g/mol. The van der Waals surface area contributed by atoms with Crippen LogP contribution in [0.15, 0.2) is 12.1 Å². The smallest absolute Gasteiger partial charge is 0.308 e. The summed E-state index contributed by atoms with van der Waals surface area (Å²) in [4.78, 5) is 11.4. The Labute approximate surface area is 97.6 Å². The Balaban J connectivity index is 2.78. The maximum Gasteiger partial charge on any atom is 0.308 e. The zero-order valence-corrected chi connectivity index (χ0v) is 10.8. The second kappa shape index (κ2) is 5.15. The first-order valence-electron chi connectivity index (χ1n) is 5.65. The highest BCUT2D eigenvalue weighted by atomic mass is 16.5. The highest BCUT2D eigenvalue weighted by Gasteiger charge is 2.10. The molecule has 0 N–H and O–H groups in total. The van der Waals surface area contributed by atoms with Crippen LogP contribution in [-0.4, -0.2) is 5.97 Å². The number of esters is 1. The van der Waals surface area contributed by atoms with E-state index in [1.165, 1.54) is 16.7 Å². The molecule has 0 saturated carbocycles. The van der Waals surface area contributed by atoms with E-state index in [1.54, 1.807) is 0 Å². The summed E-state index contributed by atoms with van der Waals surface area (Å²) in [7, 11) is 0. The van der Waals surface area contributed by atoms with Crippen LogP contribution < -0.4 is 0 Å². The molecule has 0 atom stereocenters. The van der Waals surface area contributed by atoms with E-state index in [-0.39, 0.29) is 11.9 Å². The maximum absolute atomic E-state index is 11.4. The Morgan fingerprint density at radius 1 is 1.19 bits per heavy atom. The fourth-order valence-electron chi connectivity index (χ4n) is 1.75. The number of carbonyl (C=O) groups excluding carboxylic acids is 1. The lowest BCUT2D eigenvalue weighted by Crippen LogP contribution is -2.12. The van der Waals surface area contributed by atoms with Gasteiger partial charge in [-0.15, -0.1) is 0 Å². The highest BCUT2D eigenvalue weighted by molar-refractivity contribution is 5.71. The number of hydrogen-bond acceptors (Lipinski definition) is 2. The molecule has 0 aliphatic carbocycles. The SMILES string of the molecule is Cc1cc(C)c(COC(=O)C(C)C)c(C)c1. The third-order valence-corrected chi connectivity index (χ3v) is 2.67. The van der Waals surface area contributed by atoms with Crippen molar-refractivity contribution in [2.24, 2.45) is 5.92 Å². The van der Waals surface area contributed by atoms with Crippen LogP contribution in [0, 0.1) is 26.7 Å². The summed E-state index contributed by atoms with van der Waals surface area (Å²) in [5.41, 5.74) is 4.75. The lowest BCUT2D eigenvalue weighted by atomic mass is 10.0. The van der Waals surface area contributed by atoms with Gasteiger partial charge in [0.15, 0.2) is 0 Å². The summed E-state index contributed by atoms with van der Waals surface area (Å²) in [6.45, 7) is 10.3. The van der Waals surface area contributed by atoms with Gasteiger partial charge in [0.05, 0.1) is 5.92 Å². The second-order valence-corrected chi connectivity index (χ2v) is 4.64. The summed E-state index contributed by atoms with van der Waals surface area (Å²) in [5.74, 6) is -0.203. The lowest BCUT2D eigenvalue weighted by Gasteiger charge is -2.12. The minimum atomic E-state index is -0.139. The van der Waals surface area contributed by atoms with E-state index in [0.717, 1.165) is 5.56 Å². The third-order valence-electron chi connectivity index (χ3n) is 2.67. The molecule has 0 bridgehead atoms. The van der Waals surface area contributed by atoms with Gasteiger partial charge in [-0.1, -0.05) is 31.5 Å². The monoisotopic (exact) mass is 220 g/mol. The van der Waals surface area contributed by atoms with Crippen LogP contribution in [0.4, 0.5) is 0 Å². The quantitative estimate of drug-likeness (QED) is 0.730. The third kappa shape index (κ3) is 3.09. The largest absolute Gasteiger partial charge is 0.461 e. The zero-order valence-electron chi connectivity index (χ0n) is 10.8. The van der Waals surface area contributed by atoms with E-state index >= 15 is 0 Å². The maximum atomic E-state index is 11.4. The minimum absolute atomic E-state index is 0.0638. The van der Waals surface area contributed by atoms with Gasteiger partial charge >= 0.3 is 5.97 Å².